The molecule has 3 aromatic heterocycles. The van der Waals surface area contributed by atoms with Crippen LogP contribution in [0.5, 0.6) is 11.5 Å². The first kappa shape index (κ1) is 19.0. The number of likely N-dealkylation sites (N-methyl/N-ethyl adjacent to an activating group) is 1. The normalized spacial score (nSPS) is 16.0. The summed E-state index contributed by atoms with van der Waals surface area (Å²) in [6.45, 7) is 0.0125. The highest BCUT2D eigenvalue weighted by atomic mass is 32.1. The van der Waals surface area contributed by atoms with Crippen molar-refractivity contribution in [2.24, 2.45) is 5.73 Å². The zero-order valence-electron chi connectivity index (χ0n) is 15.4. The fourth-order valence-electron chi connectivity index (χ4n) is 2.75. The highest BCUT2D eigenvalue weighted by Crippen LogP contribution is 2.31. The molecule has 148 valence electrons. The molecule has 1 atom stereocenters. The number of nitrogens with zero attached hydrogens (tertiary/aromatic N) is 4. The first-order valence-corrected chi connectivity index (χ1v) is 9.55. The molecule has 0 fully saturated rings. The number of carbonyl (C=O) groups excluding carboxylic acids is 2. The molecule has 29 heavy (non-hydrogen) atoms. The number of carbonyl (C=O) groups is 2. The SMILES string of the molecule is CN1C(=O)[C@@H](N)COc2cc(OC(=O)c3ncc(Cc4ccccn4)s3)cnc21. The van der Waals surface area contributed by atoms with Crippen molar-refractivity contribution >= 4 is 29.0 Å². The van der Waals surface area contributed by atoms with Crippen molar-refractivity contribution in [1.29, 1.82) is 0 Å². The lowest BCUT2D eigenvalue weighted by Gasteiger charge is -2.16. The number of hydrogen-bond donors (Lipinski definition) is 1. The summed E-state index contributed by atoms with van der Waals surface area (Å²) in [6, 6.07) is 6.38. The molecule has 0 spiro atoms. The molecule has 1 aliphatic rings. The second kappa shape index (κ2) is 7.94. The maximum absolute atomic E-state index is 12.4. The Morgan fingerprint density at radius 1 is 1.34 bits per heavy atom. The molecular formula is C19H17N5O4S. The van der Waals surface area contributed by atoms with E-state index in [0.717, 1.165) is 10.6 Å². The van der Waals surface area contributed by atoms with E-state index in [-0.39, 0.29) is 23.3 Å². The second-order valence-electron chi connectivity index (χ2n) is 6.33. The van der Waals surface area contributed by atoms with Gasteiger partial charge in [-0.25, -0.2) is 14.8 Å². The number of ether oxygens (including phenoxy) is 2. The van der Waals surface area contributed by atoms with E-state index in [1.807, 2.05) is 18.2 Å². The van der Waals surface area contributed by atoms with E-state index < -0.39 is 12.0 Å². The van der Waals surface area contributed by atoms with Crippen molar-refractivity contribution in [3.05, 3.63) is 58.4 Å². The predicted molar refractivity (Wildman–Crippen MR) is 105 cm³/mol. The molecule has 4 heterocycles. The van der Waals surface area contributed by atoms with Crippen molar-refractivity contribution in [2.75, 3.05) is 18.6 Å². The first-order valence-electron chi connectivity index (χ1n) is 8.74. The molecule has 0 aromatic carbocycles. The van der Waals surface area contributed by atoms with Crippen LogP contribution in [0.1, 0.15) is 20.4 Å². The smallest absolute Gasteiger partial charge is 0.372 e. The minimum absolute atomic E-state index is 0.0125. The summed E-state index contributed by atoms with van der Waals surface area (Å²) >= 11 is 1.24. The van der Waals surface area contributed by atoms with Crippen molar-refractivity contribution < 1.29 is 19.1 Å². The van der Waals surface area contributed by atoms with Crippen LogP contribution >= 0.6 is 11.3 Å². The predicted octanol–water partition coefficient (Wildman–Crippen LogP) is 1.43. The van der Waals surface area contributed by atoms with Crippen LogP contribution < -0.4 is 20.1 Å². The highest BCUT2D eigenvalue weighted by Gasteiger charge is 2.28. The Bertz CT molecular complexity index is 1060. The van der Waals surface area contributed by atoms with E-state index in [4.69, 9.17) is 15.2 Å². The summed E-state index contributed by atoms with van der Waals surface area (Å²) < 4.78 is 10.9. The number of pyridine rings is 2. The lowest BCUT2D eigenvalue weighted by molar-refractivity contribution is -0.119. The number of aromatic nitrogens is 3. The van der Waals surface area contributed by atoms with Gasteiger partial charge in [0.1, 0.15) is 12.6 Å². The largest absolute Gasteiger partial charge is 0.487 e. The summed E-state index contributed by atoms with van der Waals surface area (Å²) in [6.07, 6.45) is 5.29. The van der Waals surface area contributed by atoms with Crippen LogP contribution in [0.2, 0.25) is 0 Å². The van der Waals surface area contributed by atoms with Gasteiger partial charge in [0, 0.05) is 42.5 Å². The minimum atomic E-state index is -0.784. The summed E-state index contributed by atoms with van der Waals surface area (Å²) in [5.41, 5.74) is 6.65. The van der Waals surface area contributed by atoms with Crippen LogP contribution in [0.15, 0.2) is 42.9 Å². The number of nitrogens with two attached hydrogens (primary N) is 1. The van der Waals surface area contributed by atoms with Gasteiger partial charge >= 0.3 is 5.97 Å². The zero-order valence-corrected chi connectivity index (χ0v) is 16.3. The molecule has 0 radical (unpaired) electrons. The van der Waals surface area contributed by atoms with Crippen LogP contribution in [-0.2, 0) is 11.2 Å². The van der Waals surface area contributed by atoms with Gasteiger partial charge in [-0.1, -0.05) is 6.07 Å². The summed E-state index contributed by atoms with van der Waals surface area (Å²) in [5.74, 6) is -0.0849. The number of esters is 1. The number of rotatable bonds is 4. The number of anilines is 1. The number of amides is 1. The van der Waals surface area contributed by atoms with Crippen molar-refractivity contribution in [1.82, 2.24) is 15.0 Å². The lowest BCUT2D eigenvalue weighted by atomic mass is 10.2. The minimum Gasteiger partial charge on any atom is -0.487 e. The van der Waals surface area contributed by atoms with Gasteiger partial charge < -0.3 is 15.2 Å². The van der Waals surface area contributed by atoms with Crippen LogP contribution in [-0.4, -0.2) is 46.5 Å². The molecule has 10 heteroatoms. The fourth-order valence-corrected chi connectivity index (χ4v) is 3.56. The molecule has 0 bridgehead atoms. The maximum Gasteiger partial charge on any atom is 0.372 e. The van der Waals surface area contributed by atoms with Gasteiger partial charge in [-0.15, -0.1) is 11.3 Å². The highest BCUT2D eigenvalue weighted by molar-refractivity contribution is 7.13. The first-order chi connectivity index (χ1) is 14.0. The molecule has 1 aliphatic heterocycles. The van der Waals surface area contributed by atoms with Gasteiger partial charge in [-0.2, -0.15) is 0 Å². The lowest BCUT2D eigenvalue weighted by Crippen LogP contribution is -2.43. The van der Waals surface area contributed by atoms with Crippen LogP contribution in [0.25, 0.3) is 0 Å². The monoisotopic (exact) mass is 411 g/mol. The Kier molecular flexibility index (Phi) is 5.19. The third-order valence-corrected chi connectivity index (χ3v) is 5.19. The molecule has 2 N–H and O–H groups in total. The summed E-state index contributed by atoms with van der Waals surface area (Å²) in [5, 5.41) is 0.223. The van der Waals surface area contributed by atoms with E-state index in [0.29, 0.717) is 18.0 Å². The molecule has 0 saturated carbocycles. The van der Waals surface area contributed by atoms with Gasteiger partial charge in [0.2, 0.25) is 10.9 Å². The van der Waals surface area contributed by atoms with E-state index in [2.05, 4.69) is 15.0 Å². The third-order valence-electron chi connectivity index (χ3n) is 4.21. The van der Waals surface area contributed by atoms with Gasteiger partial charge in [0.25, 0.3) is 0 Å². The van der Waals surface area contributed by atoms with Gasteiger partial charge in [-0.05, 0) is 12.1 Å². The average Bonchev–Trinajstić information content (AvgIpc) is 3.16. The van der Waals surface area contributed by atoms with Crippen LogP contribution in [0.4, 0.5) is 5.82 Å². The second-order valence-corrected chi connectivity index (χ2v) is 7.44. The fraction of sp³-hybridized carbons (Fsp3) is 0.211. The molecule has 0 aliphatic carbocycles. The molecule has 1 amide bonds. The van der Waals surface area contributed by atoms with Crippen LogP contribution in [0, 0.1) is 0 Å². The average molecular weight is 411 g/mol. The molecule has 9 nitrogen and oxygen atoms in total. The molecular weight excluding hydrogens is 394 g/mol. The molecule has 0 unspecified atom stereocenters. The standard InChI is InChI=1S/C19H17N5O4S/c1-24-16-15(27-10-14(20)18(24)25)7-12(8-22-16)28-19(26)17-23-9-13(29-17)6-11-4-2-3-5-21-11/h2-5,7-9,14H,6,10,20H2,1H3/t14-/m0/s1. The van der Waals surface area contributed by atoms with E-state index in [1.165, 1.54) is 28.5 Å². The van der Waals surface area contributed by atoms with E-state index in [1.54, 1.807) is 19.4 Å². The topological polar surface area (TPSA) is 121 Å². The number of fused-ring (bicyclic) bond motifs is 1. The molecule has 0 saturated heterocycles. The number of hydrogen-bond acceptors (Lipinski definition) is 9. The number of thiazole rings is 1. The molecule has 3 aromatic rings. The summed E-state index contributed by atoms with van der Waals surface area (Å²) in [7, 11) is 1.56. The Balaban J connectivity index is 1.47. The van der Waals surface area contributed by atoms with Crippen LogP contribution in [0.3, 0.4) is 0 Å². The van der Waals surface area contributed by atoms with E-state index >= 15 is 0 Å². The van der Waals surface area contributed by atoms with Crippen molar-refractivity contribution in [2.45, 2.75) is 12.5 Å². The maximum atomic E-state index is 12.4. The van der Waals surface area contributed by atoms with Crippen molar-refractivity contribution in [3.8, 4) is 11.5 Å². The van der Waals surface area contributed by atoms with Gasteiger partial charge in [0.05, 0.1) is 6.20 Å². The Labute approximate surface area is 170 Å². The van der Waals surface area contributed by atoms with Gasteiger partial charge in [-0.3, -0.25) is 14.7 Å². The van der Waals surface area contributed by atoms with Gasteiger partial charge in [0.15, 0.2) is 17.3 Å². The van der Waals surface area contributed by atoms with E-state index in [9.17, 15) is 9.59 Å². The zero-order chi connectivity index (χ0) is 20.4. The van der Waals surface area contributed by atoms with Crippen molar-refractivity contribution in [3.63, 3.8) is 0 Å². The Morgan fingerprint density at radius 3 is 3.00 bits per heavy atom. The quantitative estimate of drug-likeness (QED) is 0.640. The third kappa shape index (κ3) is 4.08. The Hall–Kier alpha value is -3.37. The Morgan fingerprint density at radius 2 is 2.21 bits per heavy atom. The molecule has 4 rings (SSSR count). The summed E-state index contributed by atoms with van der Waals surface area (Å²) in [4.78, 5) is 39.3.